The molecule has 2 bridgehead atoms. The molecule has 0 radical (unpaired) electrons. The number of imidazole rings is 1. The van der Waals surface area contributed by atoms with Crippen LogP contribution in [0.1, 0.15) is 41.8 Å². The van der Waals surface area contributed by atoms with Crippen LogP contribution in [0.25, 0.3) is 22.2 Å². The number of nitrogens with one attached hydrogen (secondary N) is 1. The van der Waals surface area contributed by atoms with Gasteiger partial charge in [-0.25, -0.2) is 4.98 Å². The third kappa shape index (κ3) is 2.80. The number of amides is 1. The number of carbonyl (C=O) groups is 1. The van der Waals surface area contributed by atoms with Crippen LogP contribution in [0.5, 0.6) is 0 Å². The van der Waals surface area contributed by atoms with Gasteiger partial charge in [0.05, 0.1) is 17.4 Å². The average molecular weight is 423 g/mol. The van der Waals surface area contributed by atoms with E-state index in [1.165, 1.54) is 22.3 Å². The first kappa shape index (κ1) is 19.2. The standard InChI is InChI=1S/C27H26N4O/c1-17-25-15-20-4-3-19(18-7-10-28-11-8-18)13-22(20)27(17,2)9-12-31(25)26(32)21-5-6-23-24(14-21)30-16-29-23/h3-8,10-11,13-14,16-17,25H,9,12,15H2,1-2H3,(H,29,30)/t17-,25-,27-/m1/s1. The summed E-state index contributed by atoms with van der Waals surface area (Å²) in [6.45, 7) is 5.49. The van der Waals surface area contributed by atoms with E-state index in [0.717, 1.165) is 36.0 Å². The van der Waals surface area contributed by atoms with E-state index in [1.807, 2.05) is 30.6 Å². The molecule has 1 fully saturated rings. The highest BCUT2D eigenvalue weighted by Crippen LogP contribution is 2.49. The molecular formula is C27H26N4O. The fourth-order valence-electron chi connectivity index (χ4n) is 5.83. The zero-order valence-electron chi connectivity index (χ0n) is 18.4. The summed E-state index contributed by atoms with van der Waals surface area (Å²) in [5.74, 6) is 0.508. The van der Waals surface area contributed by atoms with Gasteiger partial charge in [-0.1, -0.05) is 32.0 Å². The zero-order valence-corrected chi connectivity index (χ0v) is 18.4. The van der Waals surface area contributed by atoms with Gasteiger partial charge in [0, 0.05) is 30.5 Å². The molecule has 0 unspecified atom stereocenters. The number of carbonyl (C=O) groups excluding carboxylic acids is 1. The van der Waals surface area contributed by atoms with Crippen LogP contribution in [-0.4, -0.2) is 38.3 Å². The van der Waals surface area contributed by atoms with Crippen LogP contribution >= 0.6 is 0 Å². The molecule has 160 valence electrons. The normalized spacial score (nSPS) is 24.4. The van der Waals surface area contributed by atoms with Gasteiger partial charge in [0.2, 0.25) is 0 Å². The first-order valence-electron chi connectivity index (χ1n) is 11.3. The third-order valence-electron chi connectivity index (χ3n) is 7.95. The molecule has 1 aliphatic carbocycles. The van der Waals surface area contributed by atoms with Crippen LogP contribution in [0.2, 0.25) is 0 Å². The molecule has 0 saturated carbocycles. The summed E-state index contributed by atoms with van der Waals surface area (Å²) in [7, 11) is 0. The Morgan fingerprint density at radius 1 is 1.09 bits per heavy atom. The lowest BCUT2D eigenvalue weighted by atomic mass is 9.58. The quantitative estimate of drug-likeness (QED) is 0.495. The summed E-state index contributed by atoms with van der Waals surface area (Å²) in [6, 6.07) is 17.0. The second-order valence-corrected chi connectivity index (χ2v) is 9.47. The van der Waals surface area contributed by atoms with Crippen molar-refractivity contribution in [1.82, 2.24) is 19.9 Å². The van der Waals surface area contributed by atoms with E-state index in [0.29, 0.717) is 5.92 Å². The predicted molar refractivity (Wildman–Crippen MR) is 125 cm³/mol. The highest BCUT2D eigenvalue weighted by atomic mass is 16.2. The summed E-state index contributed by atoms with van der Waals surface area (Å²) in [4.78, 5) is 27.2. The third-order valence-corrected chi connectivity index (χ3v) is 7.95. The molecule has 5 heteroatoms. The first-order chi connectivity index (χ1) is 15.5. The van der Waals surface area contributed by atoms with Gasteiger partial charge in [-0.3, -0.25) is 9.78 Å². The minimum absolute atomic E-state index is 0.0609. The lowest BCUT2D eigenvalue weighted by molar-refractivity contribution is 0.0251. The second-order valence-electron chi connectivity index (χ2n) is 9.47. The predicted octanol–water partition coefficient (Wildman–Crippen LogP) is 4.99. The van der Waals surface area contributed by atoms with Crippen LogP contribution in [0.4, 0.5) is 0 Å². The monoisotopic (exact) mass is 422 g/mol. The Kier molecular flexibility index (Phi) is 4.22. The SMILES string of the molecule is C[C@@H]1[C@H]2Cc3ccc(-c4ccncc4)cc3[C@]1(C)CCN2C(=O)c1ccc2nc[nH]c2c1. The molecule has 1 amide bonds. The summed E-state index contributed by atoms with van der Waals surface area (Å²) >= 11 is 0. The van der Waals surface area contributed by atoms with Gasteiger partial charge in [-0.05, 0) is 76.8 Å². The van der Waals surface area contributed by atoms with Crippen LogP contribution in [0.3, 0.4) is 0 Å². The maximum Gasteiger partial charge on any atom is 0.254 e. The molecular weight excluding hydrogens is 396 g/mol. The molecule has 1 N–H and O–H groups in total. The summed E-state index contributed by atoms with van der Waals surface area (Å²) in [6.07, 6.45) is 7.24. The van der Waals surface area contributed by atoms with E-state index in [2.05, 4.69) is 64.0 Å². The zero-order chi connectivity index (χ0) is 21.9. The number of H-pyrrole nitrogens is 1. The number of nitrogens with zero attached hydrogens (tertiary/aromatic N) is 3. The van der Waals surface area contributed by atoms with Crippen LogP contribution in [0.15, 0.2) is 67.3 Å². The lowest BCUT2D eigenvalue weighted by Gasteiger charge is -2.54. The van der Waals surface area contributed by atoms with E-state index < -0.39 is 0 Å². The number of fused-ring (bicyclic) bond motifs is 5. The number of piperidine rings is 1. The number of rotatable bonds is 2. The number of aromatic amines is 1. The van der Waals surface area contributed by atoms with Crippen molar-refractivity contribution in [3.05, 3.63) is 83.9 Å². The molecule has 1 aliphatic heterocycles. The molecule has 0 spiro atoms. The van der Waals surface area contributed by atoms with E-state index in [9.17, 15) is 4.79 Å². The molecule has 6 rings (SSSR count). The molecule has 4 aromatic rings. The molecule has 1 saturated heterocycles. The van der Waals surface area contributed by atoms with Crippen molar-refractivity contribution < 1.29 is 4.79 Å². The van der Waals surface area contributed by atoms with Crippen molar-refractivity contribution in [2.24, 2.45) is 5.92 Å². The van der Waals surface area contributed by atoms with Crippen LogP contribution < -0.4 is 0 Å². The van der Waals surface area contributed by atoms with Gasteiger partial charge in [0.15, 0.2) is 0 Å². The van der Waals surface area contributed by atoms with Gasteiger partial charge < -0.3 is 9.88 Å². The van der Waals surface area contributed by atoms with Crippen LogP contribution in [-0.2, 0) is 11.8 Å². The Morgan fingerprint density at radius 2 is 1.94 bits per heavy atom. The van der Waals surface area contributed by atoms with Gasteiger partial charge in [0.25, 0.3) is 5.91 Å². The summed E-state index contributed by atoms with van der Waals surface area (Å²) in [5.41, 5.74) is 7.84. The fraction of sp³-hybridized carbons (Fsp3) is 0.296. The minimum atomic E-state index is 0.0609. The van der Waals surface area contributed by atoms with Crippen LogP contribution in [0, 0.1) is 5.92 Å². The molecule has 32 heavy (non-hydrogen) atoms. The molecule has 3 heterocycles. The highest BCUT2D eigenvalue weighted by Gasteiger charge is 2.49. The number of hydrogen-bond acceptors (Lipinski definition) is 3. The maximum atomic E-state index is 13.6. The minimum Gasteiger partial charge on any atom is -0.345 e. The van der Waals surface area contributed by atoms with Gasteiger partial charge in [-0.15, -0.1) is 0 Å². The Morgan fingerprint density at radius 3 is 2.78 bits per heavy atom. The van der Waals surface area contributed by atoms with Crippen molar-refractivity contribution >= 4 is 16.9 Å². The van der Waals surface area contributed by atoms with E-state index in [1.54, 1.807) is 6.33 Å². The molecule has 2 aromatic heterocycles. The number of hydrogen-bond donors (Lipinski definition) is 1. The average Bonchev–Trinajstić information content (AvgIpc) is 3.29. The maximum absolute atomic E-state index is 13.6. The summed E-state index contributed by atoms with van der Waals surface area (Å²) in [5, 5.41) is 0. The number of aromatic nitrogens is 3. The second kappa shape index (κ2) is 7.02. The largest absolute Gasteiger partial charge is 0.345 e. The number of benzene rings is 2. The molecule has 5 nitrogen and oxygen atoms in total. The van der Waals surface area contributed by atoms with Crippen molar-refractivity contribution in [2.45, 2.75) is 38.1 Å². The van der Waals surface area contributed by atoms with Gasteiger partial charge >= 0.3 is 0 Å². The number of likely N-dealkylation sites (tertiary alicyclic amines) is 1. The molecule has 3 atom stereocenters. The van der Waals surface area contributed by atoms with E-state index in [4.69, 9.17) is 0 Å². The van der Waals surface area contributed by atoms with Crippen molar-refractivity contribution in [1.29, 1.82) is 0 Å². The van der Waals surface area contributed by atoms with Gasteiger partial charge in [0.1, 0.15) is 0 Å². The Bertz CT molecular complexity index is 1330. The van der Waals surface area contributed by atoms with Crippen molar-refractivity contribution in [3.63, 3.8) is 0 Å². The summed E-state index contributed by atoms with van der Waals surface area (Å²) < 4.78 is 0. The topological polar surface area (TPSA) is 61.9 Å². The first-order valence-corrected chi connectivity index (χ1v) is 11.3. The lowest BCUT2D eigenvalue weighted by Crippen LogP contribution is -2.59. The Hall–Kier alpha value is -3.47. The van der Waals surface area contributed by atoms with E-state index in [-0.39, 0.29) is 17.4 Å². The van der Waals surface area contributed by atoms with Crippen molar-refractivity contribution in [3.8, 4) is 11.1 Å². The van der Waals surface area contributed by atoms with Crippen molar-refractivity contribution in [2.75, 3.05) is 6.54 Å². The Labute approximate surface area is 187 Å². The van der Waals surface area contributed by atoms with E-state index >= 15 is 0 Å². The van der Waals surface area contributed by atoms with Gasteiger partial charge in [-0.2, -0.15) is 0 Å². The highest BCUT2D eigenvalue weighted by molar-refractivity contribution is 5.97. The number of pyridine rings is 1. The molecule has 2 aromatic carbocycles. The smallest absolute Gasteiger partial charge is 0.254 e. The molecule has 2 aliphatic rings. The fourth-order valence-corrected chi connectivity index (χ4v) is 5.83. The Balaban J connectivity index is 1.36.